The molecule has 2 atom stereocenters. The lowest BCUT2D eigenvalue weighted by Crippen LogP contribution is -2.52. The minimum Gasteiger partial charge on any atom is -0.495 e. The molecule has 0 heterocycles. The summed E-state index contributed by atoms with van der Waals surface area (Å²) in [5.74, 6) is -0.757. The largest absolute Gasteiger partial charge is 0.495 e. The van der Waals surface area contributed by atoms with Gasteiger partial charge in [0.2, 0.25) is 11.8 Å². The molecule has 0 aliphatic carbocycles. The number of para-hydroxylation sites is 2. The zero-order chi connectivity index (χ0) is 29.4. The van der Waals surface area contributed by atoms with Crippen LogP contribution in [0.4, 0.5) is 5.69 Å². The molecule has 0 bridgehead atoms. The highest BCUT2D eigenvalue weighted by atomic mass is 35.5. The van der Waals surface area contributed by atoms with Gasteiger partial charge in [0.1, 0.15) is 18.3 Å². The number of carbonyl (C=O) groups is 2. The Bertz CT molecular complexity index is 1420. The van der Waals surface area contributed by atoms with Gasteiger partial charge >= 0.3 is 0 Å². The highest BCUT2D eigenvalue weighted by Crippen LogP contribution is 2.33. The molecule has 0 radical (unpaired) electrons. The molecule has 0 spiro atoms. The van der Waals surface area contributed by atoms with Crippen molar-refractivity contribution in [1.82, 2.24) is 10.2 Å². The fourth-order valence-corrected chi connectivity index (χ4v) is 5.93. The summed E-state index contributed by atoms with van der Waals surface area (Å²) in [5, 5.41) is 3.52. The van der Waals surface area contributed by atoms with Gasteiger partial charge < -0.3 is 15.0 Å². The number of hydrogen-bond donors (Lipinski definition) is 1. The number of hydrogen-bond acceptors (Lipinski definition) is 5. The fraction of sp³-hybridized carbons (Fsp3) is 0.310. The Labute approximate surface area is 245 Å². The molecular formula is C29H33Cl2N3O5S. The van der Waals surface area contributed by atoms with Crippen LogP contribution < -0.4 is 14.4 Å². The summed E-state index contributed by atoms with van der Waals surface area (Å²) in [5.41, 5.74) is 0.617. The second-order valence-electron chi connectivity index (χ2n) is 9.21. The van der Waals surface area contributed by atoms with Crippen molar-refractivity contribution in [3.63, 3.8) is 0 Å². The van der Waals surface area contributed by atoms with Crippen LogP contribution in [0.5, 0.6) is 5.75 Å². The molecule has 2 amide bonds. The molecule has 3 aromatic rings. The number of amides is 2. The van der Waals surface area contributed by atoms with E-state index in [9.17, 15) is 18.0 Å². The monoisotopic (exact) mass is 605 g/mol. The number of sulfonamides is 1. The third kappa shape index (κ3) is 7.27. The van der Waals surface area contributed by atoms with Gasteiger partial charge in [0.25, 0.3) is 10.0 Å². The highest BCUT2D eigenvalue weighted by molar-refractivity contribution is 7.92. The van der Waals surface area contributed by atoms with E-state index in [1.54, 1.807) is 67.6 Å². The van der Waals surface area contributed by atoms with Gasteiger partial charge in [-0.1, -0.05) is 66.5 Å². The van der Waals surface area contributed by atoms with E-state index in [1.165, 1.54) is 24.1 Å². The van der Waals surface area contributed by atoms with E-state index in [4.69, 9.17) is 27.9 Å². The van der Waals surface area contributed by atoms with E-state index in [0.29, 0.717) is 22.0 Å². The van der Waals surface area contributed by atoms with Gasteiger partial charge in [-0.25, -0.2) is 8.42 Å². The van der Waals surface area contributed by atoms with Gasteiger partial charge in [-0.15, -0.1) is 0 Å². The van der Waals surface area contributed by atoms with Gasteiger partial charge in [0, 0.05) is 28.2 Å². The smallest absolute Gasteiger partial charge is 0.264 e. The van der Waals surface area contributed by atoms with Crippen molar-refractivity contribution < 1.29 is 22.7 Å². The number of nitrogens with one attached hydrogen (secondary N) is 1. The minimum absolute atomic E-state index is 0.00281. The van der Waals surface area contributed by atoms with Gasteiger partial charge in [-0.05, 0) is 56.7 Å². The van der Waals surface area contributed by atoms with Gasteiger partial charge in [-0.3, -0.25) is 13.9 Å². The predicted octanol–water partition coefficient (Wildman–Crippen LogP) is 5.53. The Kier molecular flexibility index (Phi) is 10.8. The Hall–Kier alpha value is -3.27. The number of nitrogens with zero attached hydrogens (tertiary/aromatic N) is 2. The molecule has 8 nitrogen and oxygen atoms in total. The number of rotatable bonds is 12. The van der Waals surface area contributed by atoms with Crippen LogP contribution in [0.3, 0.4) is 0 Å². The minimum atomic E-state index is -4.22. The Balaban J connectivity index is 2.09. The summed E-state index contributed by atoms with van der Waals surface area (Å²) < 4.78 is 34.2. The molecule has 1 N–H and O–H groups in total. The summed E-state index contributed by atoms with van der Waals surface area (Å²) in [6, 6.07) is 18.2. The van der Waals surface area contributed by atoms with Crippen molar-refractivity contribution in [2.45, 2.75) is 50.7 Å². The zero-order valence-corrected chi connectivity index (χ0v) is 25.1. The van der Waals surface area contributed by atoms with Crippen LogP contribution >= 0.6 is 23.2 Å². The second-order valence-corrected chi connectivity index (χ2v) is 11.9. The van der Waals surface area contributed by atoms with Crippen LogP contribution in [0.25, 0.3) is 0 Å². The summed E-state index contributed by atoms with van der Waals surface area (Å²) in [6.07, 6.45) is 0.694. The van der Waals surface area contributed by atoms with Crippen LogP contribution in [-0.4, -0.2) is 50.9 Å². The average Bonchev–Trinajstić information content (AvgIpc) is 2.95. The van der Waals surface area contributed by atoms with Crippen LogP contribution in [0.2, 0.25) is 10.0 Å². The van der Waals surface area contributed by atoms with Crippen LogP contribution in [0.1, 0.15) is 32.8 Å². The topological polar surface area (TPSA) is 96.0 Å². The van der Waals surface area contributed by atoms with E-state index < -0.39 is 28.5 Å². The average molecular weight is 607 g/mol. The maximum Gasteiger partial charge on any atom is 0.264 e. The summed E-state index contributed by atoms with van der Waals surface area (Å²) >= 11 is 12.8. The van der Waals surface area contributed by atoms with Gasteiger partial charge in [-0.2, -0.15) is 0 Å². The van der Waals surface area contributed by atoms with Crippen molar-refractivity contribution >= 4 is 50.7 Å². The Morgan fingerprint density at radius 2 is 1.52 bits per heavy atom. The third-order valence-electron chi connectivity index (χ3n) is 6.52. The SMILES string of the molecule is CC[C@H](C)NC(=O)[C@@H](C)N(Cc1c(Cl)cccc1Cl)C(=O)CN(c1ccccc1OC)S(=O)(=O)c1ccccc1. The molecule has 214 valence electrons. The van der Waals surface area contributed by atoms with Gasteiger partial charge in [0.05, 0.1) is 17.7 Å². The first-order valence-corrected chi connectivity index (χ1v) is 14.9. The maximum atomic E-state index is 14.0. The maximum absolute atomic E-state index is 14.0. The lowest BCUT2D eigenvalue weighted by atomic mass is 10.1. The van der Waals surface area contributed by atoms with E-state index in [2.05, 4.69) is 5.32 Å². The number of carbonyl (C=O) groups excluding carboxylic acids is 2. The standard InChI is InChI=1S/C29H33Cl2N3O5S/c1-5-20(2)32-29(36)21(3)33(18-23-24(30)14-11-15-25(23)31)28(35)19-34(26-16-9-10-17-27(26)39-4)40(37,38)22-12-7-6-8-13-22/h6-17,20-21H,5,18-19H2,1-4H3,(H,32,36)/t20-,21+/m0/s1. The highest BCUT2D eigenvalue weighted by Gasteiger charge is 2.34. The molecule has 0 aromatic heterocycles. The molecule has 0 aliphatic rings. The van der Waals surface area contributed by atoms with Crippen molar-refractivity contribution in [3.05, 3.63) is 88.4 Å². The summed E-state index contributed by atoms with van der Waals surface area (Å²) in [7, 11) is -2.80. The van der Waals surface area contributed by atoms with Crippen molar-refractivity contribution in [3.8, 4) is 5.75 Å². The number of benzene rings is 3. The normalized spacial score (nSPS) is 12.8. The molecule has 0 fully saturated rings. The lowest BCUT2D eigenvalue weighted by Gasteiger charge is -2.33. The molecule has 3 rings (SSSR count). The van der Waals surface area contributed by atoms with E-state index in [0.717, 1.165) is 4.31 Å². The Morgan fingerprint density at radius 3 is 2.12 bits per heavy atom. The molecular weight excluding hydrogens is 573 g/mol. The molecule has 40 heavy (non-hydrogen) atoms. The third-order valence-corrected chi connectivity index (χ3v) is 9.00. The molecule has 11 heteroatoms. The molecule has 3 aromatic carbocycles. The molecule has 0 aliphatic heterocycles. The first kappa shape index (κ1) is 31.3. The van der Waals surface area contributed by atoms with Crippen LogP contribution in [0, 0.1) is 0 Å². The fourth-order valence-electron chi connectivity index (χ4n) is 3.97. The quantitative estimate of drug-likeness (QED) is 0.293. The first-order valence-electron chi connectivity index (χ1n) is 12.7. The number of methoxy groups -OCH3 is 1. The van der Waals surface area contributed by atoms with Crippen LogP contribution in [0.15, 0.2) is 77.7 Å². The summed E-state index contributed by atoms with van der Waals surface area (Å²) in [4.78, 5) is 28.5. The van der Waals surface area contributed by atoms with Crippen molar-refractivity contribution in [2.24, 2.45) is 0 Å². The zero-order valence-electron chi connectivity index (χ0n) is 22.8. The predicted molar refractivity (Wildman–Crippen MR) is 158 cm³/mol. The molecule has 0 saturated carbocycles. The number of anilines is 1. The van der Waals surface area contributed by atoms with Crippen molar-refractivity contribution in [2.75, 3.05) is 18.0 Å². The summed E-state index contributed by atoms with van der Waals surface area (Å²) in [6.45, 7) is 4.65. The number of halogens is 2. The second kappa shape index (κ2) is 13.9. The van der Waals surface area contributed by atoms with Gasteiger partial charge in [0.15, 0.2) is 0 Å². The lowest BCUT2D eigenvalue weighted by molar-refractivity contribution is -0.139. The van der Waals surface area contributed by atoms with Crippen LogP contribution in [-0.2, 0) is 26.2 Å². The molecule has 0 saturated heterocycles. The number of ether oxygens (including phenoxy) is 1. The van der Waals surface area contributed by atoms with E-state index >= 15 is 0 Å². The Morgan fingerprint density at radius 1 is 0.925 bits per heavy atom. The van der Waals surface area contributed by atoms with E-state index in [1.807, 2.05) is 13.8 Å². The van der Waals surface area contributed by atoms with Crippen molar-refractivity contribution in [1.29, 1.82) is 0 Å². The first-order chi connectivity index (χ1) is 19.0. The van der Waals surface area contributed by atoms with E-state index in [-0.39, 0.29) is 34.8 Å². The molecule has 0 unspecified atom stereocenters.